The number of H-pyrrole nitrogens is 1. The third kappa shape index (κ3) is 2.58. The highest BCUT2D eigenvalue weighted by molar-refractivity contribution is 6.30. The number of halogens is 1. The molecule has 1 N–H and O–H groups in total. The zero-order valence-corrected chi connectivity index (χ0v) is 12.3. The van der Waals surface area contributed by atoms with Gasteiger partial charge < -0.3 is 4.74 Å². The summed E-state index contributed by atoms with van der Waals surface area (Å²) in [4.78, 5) is 32.4. The third-order valence-electron chi connectivity index (χ3n) is 3.12. The maximum absolute atomic E-state index is 12.3. The van der Waals surface area contributed by atoms with E-state index in [1.807, 2.05) is 0 Å². The van der Waals surface area contributed by atoms with E-state index in [9.17, 15) is 9.59 Å². The molecule has 0 aliphatic heterocycles. The number of carbonyl (C=O) groups excluding carboxylic acids is 1. The molecule has 0 amide bonds. The Morgan fingerprint density at radius 2 is 2.27 bits per heavy atom. The molecule has 0 aromatic carbocycles. The van der Waals surface area contributed by atoms with Gasteiger partial charge in [0, 0.05) is 24.2 Å². The summed E-state index contributed by atoms with van der Waals surface area (Å²) in [5, 5.41) is 2.83. The number of rotatable bonds is 3. The fourth-order valence-electron chi connectivity index (χ4n) is 2.06. The molecular formula is C14H11ClN4O3. The Hall–Kier alpha value is -2.67. The molecule has 0 aliphatic carbocycles. The Balaban J connectivity index is 1.88. The van der Waals surface area contributed by atoms with Crippen LogP contribution in [-0.2, 0) is 11.2 Å². The molecular weight excluding hydrogens is 308 g/mol. The molecule has 3 rings (SSSR count). The Morgan fingerprint density at radius 1 is 1.45 bits per heavy atom. The number of aromatic amines is 1. The van der Waals surface area contributed by atoms with Gasteiger partial charge in [-0.1, -0.05) is 11.6 Å². The Kier molecular flexibility index (Phi) is 3.64. The number of carbonyl (C=O) groups is 1. The smallest absolute Gasteiger partial charge is 0.316 e. The molecule has 0 saturated heterocycles. The number of aryl methyl sites for hydroxylation is 1. The van der Waals surface area contributed by atoms with Crippen LogP contribution in [0.3, 0.4) is 0 Å². The number of hydrogen-bond acceptors (Lipinski definition) is 5. The first kappa shape index (κ1) is 14.3. The highest BCUT2D eigenvalue weighted by Crippen LogP contribution is 2.20. The van der Waals surface area contributed by atoms with Crippen LogP contribution in [0.2, 0.25) is 5.15 Å². The van der Waals surface area contributed by atoms with Gasteiger partial charge in [-0.3, -0.25) is 14.7 Å². The predicted octanol–water partition coefficient (Wildman–Crippen LogP) is 1.53. The highest BCUT2D eigenvalue weighted by atomic mass is 35.5. The van der Waals surface area contributed by atoms with Crippen molar-refractivity contribution in [2.75, 3.05) is 0 Å². The lowest BCUT2D eigenvalue weighted by atomic mass is 10.2. The molecule has 0 radical (unpaired) electrons. The fraction of sp³-hybridized carbons (Fsp3) is 0.143. The van der Waals surface area contributed by atoms with E-state index >= 15 is 0 Å². The van der Waals surface area contributed by atoms with Crippen molar-refractivity contribution < 1.29 is 9.53 Å². The van der Waals surface area contributed by atoms with Gasteiger partial charge in [0.25, 0.3) is 5.56 Å². The van der Waals surface area contributed by atoms with Crippen molar-refractivity contribution in [1.29, 1.82) is 0 Å². The fourth-order valence-corrected chi connectivity index (χ4v) is 2.22. The van der Waals surface area contributed by atoms with Gasteiger partial charge in [0.2, 0.25) is 0 Å². The standard InChI is InChI=1S/C14H11ClN4O3/c1-8-9(14(21)19-11(18-8)4-6-17-19)7-12(20)22-10-3-2-5-16-13(10)15/h2-6,17H,7H2,1H3. The number of pyridine rings is 1. The summed E-state index contributed by atoms with van der Waals surface area (Å²) in [5.74, 6) is -0.454. The summed E-state index contributed by atoms with van der Waals surface area (Å²) in [6, 6.07) is 4.80. The minimum atomic E-state index is -0.608. The van der Waals surface area contributed by atoms with Crippen LogP contribution < -0.4 is 10.3 Å². The molecule has 0 fully saturated rings. The molecule has 8 heteroatoms. The highest BCUT2D eigenvalue weighted by Gasteiger charge is 2.16. The average molecular weight is 319 g/mol. The van der Waals surface area contributed by atoms with Crippen molar-refractivity contribution in [3.63, 3.8) is 0 Å². The average Bonchev–Trinajstić information content (AvgIpc) is 2.94. The quantitative estimate of drug-likeness (QED) is 0.584. The van der Waals surface area contributed by atoms with Crippen molar-refractivity contribution in [3.8, 4) is 5.75 Å². The van der Waals surface area contributed by atoms with Crippen LogP contribution in [0.15, 0.2) is 35.4 Å². The van der Waals surface area contributed by atoms with Gasteiger partial charge in [-0.05, 0) is 19.1 Å². The van der Waals surface area contributed by atoms with E-state index in [1.165, 1.54) is 16.8 Å². The van der Waals surface area contributed by atoms with E-state index in [0.717, 1.165) is 0 Å². The maximum atomic E-state index is 12.3. The van der Waals surface area contributed by atoms with Gasteiger partial charge in [-0.2, -0.15) is 0 Å². The molecule has 112 valence electrons. The zero-order valence-electron chi connectivity index (χ0n) is 11.5. The van der Waals surface area contributed by atoms with Crippen molar-refractivity contribution in [2.45, 2.75) is 13.3 Å². The second-order valence-electron chi connectivity index (χ2n) is 4.58. The molecule has 3 aromatic heterocycles. The molecule has 0 spiro atoms. The van der Waals surface area contributed by atoms with Crippen molar-refractivity contribution >= 4 is 23.2 Å². The summed E-state index contributed by atoms with van der Waals surface area (Å²) in [6.07, 6.45) is 2.88. The maximum Gasteiger partial charge on any atom is 0.316 e. The molecule has 3 aromatic rings. The predicted molar refractivity (Wildman–Crippen MR) is 79.1 cm³/mol. The minimum Gasteiger partial charge on any atom is -0.423 e. The van der Waals surface area contributed by atoms with E-state index in [0.29, 0.717) is 11.3 Å². The van der Waals surface area contributed by atoms with Crippen LogP contribution in [0.5, 0.6) is 5.75 Å². The van der Waals surface area contributed by atoms with E-state index in [-0.39, 0.29) is 28.4 Å². The second kappa shape index (κ2) is 5.61. The number of esters is 1. The summed E-state index contributed by atoms with van der Waals surface area (Å²) in [5.41, 5.74) is 0.917. The summed E-state index contributed by atoms with van der Waals surface area (Å²) in [7, 11) is 0. The monoisotopic (exact) mass is 318 g/mol. The van der Waals surface area contributed by atoms with Gasteiger partial charge in [0.05, 0.1) is 12.0 Å². The Labute approximate surface area is 129 Å². The van der Waals surface area contributed by atoms with Crippen molar-refractivity contribution in [2.24, 2.45) is 0 Å². The summed E-state index contributed by atoms with van der Waals surface area (Å²) in [6.45, 7) is 1.67. The third-order valence-corrected chi connectivity index (χ3v) is 3.40. The van der Waals surface area contributed by atoms with Crippen LogP contribution >= 0.6 is 11.6 Å². The first-order chi connectivity index (χ1) is 10.6. The van der Waals surface area contributed by atoms with Gasteiger partial charge in [0.1, 0.15) is 0 Å². The number of nitrogens with zero attached hydrogens (tertiary/aromatic N) is 3. The van der Waals surface area contributed by atoms with E-state index in [4.69, 9.17) is 16.3 Å². The summed E-state index contributed by atoms with van der Waals surface area (Å²) >= 11 is 5.83. The van der Waals surface area contributed by atoms with Crippen molar-refractivity contribution in [3.05, 3.63) is 57.4 Å². The largest absolute Gasteiger partial charge is 0.423 e. The first-order valence-corrected chi connectivity index (χ1v) is 6.81. The number of ether oxygens (including phenoxy) is 1. The molecule has 0 saturated carbocycles. The van der Waals surface area contributed by atoms with Gasteiger partial charge in [0.15, 0.2) is 16.5 Å². The van der Waals surface area contributed by atoms with Gasteiger partial charge >= 0.3 is 5.97 Å². The lowest BCUT2D eigenvalue weighted by molar-refractivity contribution is -0.133. The SMILES string of the molecule is Cc1nc2cc[nH]n2c(=O)c1CC(=O)Oc1cccnc1Cl. The molecule has 3 heterocycles. The van der Waals surface area contributed by atoms with Crippen LogP contribution in [0.25, 0.3) is 5.65 Å². The molecule has 7 nitrogen and oxygen atoms in total. The lowest BCUT2D eigenvalue weighted by Gasteiger charge is -2.07. The second-order valence-corrected chi connectivity index (χ2v) is 4.94. The Bertz CT molecular complexity index is 916. The molecule has 0 unspecified atom stereocenters. The topological polar surface area (TPSA) is 89.4 Å². The summed E-state index contributed by atoms with van der Waals surface area (Å²) < 4.78 is 6.40. The van der Waals surface area contributed by atoms with Crippen molar-refractivity contribution in [1.82, 2.24) is 19.6 Å². The molecule has 0 aliphatic rings. The van der Waals surface area contributed by atoms with E-state index in [1.54, 1.807) is 25.3 Å². The number of aromatic nitrogens is 4. The van der Waals surface area contributed by atoms with Gasteiger partial charge in [-0.25, -0.2) is 14.5 Å². The van der Waals surface area contributed by atoms with Gasteiger partial charge in [-0.15, -0.1) is 0 Å². The Morgan fingerprint density at radius 3 is 3.05 bits per heavy atom. The molecule has 0 bridgehead atoms. The number of nitrogens with one attached hydrogen (secondary N) is 1. The zero-order chi connectivity index (χ0) is 15.7. The number of hydrogen-bond donors (Lipinski definition) is 1. The van der Waals surface area contributed by atoms with E-state index < -0.39 is 5.97 Å². The van der Waals surface area contributed by atoms with Crippen LogP contribution in [0.1, 0.15) is 11.3 Å². The van der Waals surface area contributed by atoms with E-state index in [2.05, 4.69) is 15.1 Å². The minimum absolute atomic E-state index is 0.0854. The number of fused-ring (bicyclic) bond motifs is 1. The molecule has 0 atom stereocenters. The molecule has 22 heavy (non-hydrogen) atoms. The van der Waals surface area contributed by atoms with Crippen LogP contribution in [0.4, 0.5) is 0 Å². The lowest BCUT2D eigenvalue weighted by Crippen LogP contribution is -2.25. The first-order valence-electron chi connectivity index (χ1n) is 6.43. The van der Waals surface area contributed by atoms with Crippen LogP contribution in [0, 0.1) is 6.92 Å². The normalized spacial score (nSPS) is 10.8. The van der Waals surface area contributed by atoms with Crippen LogP contribution in [-0.4, -0.2) is 25.6 Å².